The number of rotatable bonds is 4. The third-order valence-electron chi connectivity index (χ3n) is 4.26. The molecule has 0 amide bonds. The molecule has 0 aromatic heterocycles. The van der Waals surface area contributed by atoms with Gasteiger partial charge in [0.25, 0.3) is 0 Å². The summed E-state index contributed by atoms with van der Waals surface area (Å²) in [7, 11) is -1.62. The van der Waals surface area contributed by atoms with Crippen LogP contribution < -0.4 is 10.0 Å². The average Bonchev–Trinajstić information content (AvgIpc) is 2.41. The maximum atomic E-state index is 12.5. The quantitative estimate of drug-likeness (QED) is 0.898. The summed E-state index contributed by atoms with van der Waals surface area (Å²) in [5.74, 6) is 0. The first-order valence-corrected chi connectivity index (χ1v) is 8.64. The summed E-state index contributed by atoms with van der Waals surface area (Å²) in [5.41, 5.74) is 0.929. The minimum atomic E-state index is -3.43. The molecule has 0 radical (unpaired) electrons. The Morgan fingerprint density at radius 3 is 2.35 bits per heavy atom. The van der Waals surface area contributed by atoms with Gasteiger partial charge in [-0.2, -0.15) is 0 Å². The number of benzene rings is 1. The minimum absolute atomic E-state index is 0.0187. The van der Waals surface area contributed by atoms with Gasteiger partial charge in [0.05, 0.1) is 4.90 Å². The van der Waals surface area contributed by atoms with E-state index < -0.39 is 10.0 Å². The van der Waals surface area contributed by atoms with Crippen LogP contribution in [-0.2, 0) is 10.0 Å². The summed E-state index contributed by atoms with van der Waals surface area (Å²) < 4.78 is 27.8. The van der Waals surface area contributed by atoms with Gasteiger partial charge in [-0.3, -0.25) is 0 Å². The Hall–Kier alpha value is -1.07. The lowest BCUT2D eigenvalue weighted by molar-refractivity contribution is 0.188. The molecule has 20 heavy (non-hydrogen) atoms. The van der Waals surface area contributed by atoms with Gasteiger partial charge in [-0.25, -0.2) is 13.1 Å². The summed E-state index contributed by atoms with van der Waals surface area (Å²) in [6.07, 6.45) is 4.26. The van der Waals surface area contributed by atoms with E-state index in [-0.39, 0.29) is 11.5 Å². The van der Waals surface area contributed by atoms with Crippen LogP contribution in [-0.4, -0.2) is 21.5 Å². The smallest absolute Gasteiger partial charge is 0.240 e. The van der Waals surface area contributed by atoms with Crippen LogP contribution in [0.25, 0.3) is 0 Å². The van der Waals surface area contributed by atoms with E-state index in [9.17, 15) is 8.42 Å². The maximum Gasteiger partial charge on any atom is 0.240 e. The lowest BCUT2D eigenvalue weighted by Gasteiger charge is -2.38. The Kier molecular flexibility index (Phi) is 4.39. The van der Waals surface area contributed by atoms with E-state index in [0.717, 1.165) is 24.9 Å². The largest absolute Gasteiger partial charge is 0.388 e. The molecule has 0 bridgehead atoms. The summed E-state index contributed by atoms with van der Waals surface area (Å²) >= 11 is 0. The Morgan fingerprint density at radius 2 is 1.80 bits per heavy atom. The van der Waals surface area contributed by atoms with E-state index in [2.05, 4.69) is 23.9 Å². The van der Waals surface area contributed by atoms with Crippen molar-refractivity contribution < 1.29 is 8.42 Å². The van der Waals surface area contributed by atoms with Crippen molar-refractivity contribution in [2.45, 2.75) is 50.5 Å². The van der Waals surface area contributed by atoms with E-state index >= 15 is 0 Å². The van der Waals surface area contributed by atoms with Crippen molar-refractivity contribution in [3.63, 3.8) is 0 Å². The Bertz CT molecular complexity index is 550. The fraction of sp³-hybridized carbons (Fsp3) is 0.600. The number of anilines is 1. The zero-order valence-corrected chi connectivity index (χ0v) is 13.3. The Morgan fingerprint density at radius 1 is 1.15 bits per heavy atom. The molecule has 1 saturated carbocycles. The van der Waals surface area contributed by atoms with E-state index in [1.165, 1.54) is 6.42 Å². The van der Waals surface area contributed by atoms with Crippen molar-refractivity contribution in [1.82, 2.24) is 4.72 Å². The third-order valence-corrected chi connectivity index (χ3v) is 5.75. The summed E-state index contributed by atoms with van der Waals surface area (Å²) in [6.45, 7) is 4.28. The van der Waals surface area contributed by atoms with Gasteiger partial charge in [0, 0.05) is 18.8 Å². The molecule has 4 nitrogen and oxygen atoms in total. The molecule has 0 heterocycles. The number of hydrogen-bond acceptors (Lipinski definition) is 3. The van der Waals surface area contributed by atoms with Gasteiger partial charge in [-0.1, -0.05) is 26.7 Å². The molecule has 5 heteroatoms. The van der Waals surface area contributed by atoms with Crippen LogP contribution in [0.15, 0.2) is 29.2 Å². The average molecular weight is 296 g/mol. The second-order valence-corrected chi connectivity index (χ2v) is 7.90. The summed E-state index contributed by atoms with van der Waals surface area (Å²) in [5, 5.41) is 2.98. The highest BCUT2D eigenvalue weighted by atomic mass is 32.2. The molecule has 1 aromatic rings. The highest BCUT2D eigenvalue weighted by Crippen LogP contribution is 2.36. The monoisotopic (exact) mass is 296 g/mol. The lowest BCUT2D eigenvalue weighted by atomic mass is 9.74. The first kappa shape index (κ1) is 15.3. The topological polar surface area (TPSA) is 58.2 Å². The molecular weight excluding hydrogens is 272 g/mol. The molecule has 112 valence electrons. The highest BCUT2D eigenvalue weighted by Gasteiger charge is 2.35. The predicted octanol–water partition coefficient (Wildman–Crippen LogP) is 2.98. The van der Waals surface area contributed by atoms with Gasteiger partial charge >= 0.3 is 0 Å². The van der Waals surface area contributed by atoms with Gasteiger partial charge in [0.2, 0.25) is 10.0 Å². The molecule has 2 N–H and O–H groups in total. The second kappa shape index (κ2) is 5.74. The van der Waals surface area contributed by atoms with Crippen LogP contribution in [0, 0.1) is 5.41 Å². The predicted molar refractivity (Wildman–Crippen MR) is 82.3 cm³/mol. The van der Waals surface area contributed by atoms with Crippen molar-refractivity contribution in [3.05, 3.63) is 24.3 Å². The number of sulfonamides is 1. The minimum Gasteiger partial charge on any atom is -0.388 e. The second-order valence-electron chi connectivity index (χ2n) is 6.18. The molecule has 1 atom stereocenters. The van der Waals surface area contributed by atoms with Gasteiger partial charge < -0.3 is 5.32 Å². The molecule has 0 saturated heterocycles. The highest BCUT2D eigenvalue weighted by molar-refractivity contribution is 7.89. The first-order chi connectivity index (χ1) is 9.35. The van der Waals surface area contributed by atoms with E-state index in [1.54, 1.807) is 24.3 Å². The van der Waals surface area contributed by atoms with Crippen molar-refractivity contribution in [3.8, 4) is 0 Å². The van der Waals surface area contributed by atoms with Crippen LogP contribution in [0.1, 0.15) is 39.5 Å². The lowest BCUT2D eigenvalue weighted by Crippen LogP contribution is -2.46. The SMILES string of the molecule is CNc1ccc(S(=O)(=O)NC2CCCCC2(C)C)cc1. The molecule has 1 aromatic carbocycles. The van der Waals surface area contributed by atoms with Crippen molar-refractivity contribution in [2.24, 2.45) is 5.41 Å². The van der Waals surface area contributed by atoms with Crippen LogP contribution in [0.3, 0.4) is 0 Å². The van der Waals surface area contributed by atoms with Crippen LogP contribution in [0.2, 0.25) is 0 Å². The zero-order valence-electron chi connectivity index (χ0n) is 12.4. The summed E-state index contributed by atoms with van der Waals surface area (Å²) in [4.78, 5) is 0.331. The van der Waals surface area contributed by atoms with Crippen LogP contribution in [0.5, 0.6) is 0 Å². The molecule has 0 aliphatic heterocycles. The van der Waals surface area contributed by atoms with Crippen molar-refractivity contribution in [2.75, 3.05) is 12.4 Å². The normalized spacial score (nSPS) is 22.4. The third kappa shape index (κ3) is 3.33. The van der Waals surface area contributed by atoms with Crippen molar-refractivity contribution in [1.29, 1.82) is 0 Å². The number of hydrogen-bond donors (Lipinski definition) is 2. The Balaban J connectivity index is 2.17. The Labute approximate surface area is 122 Å². The maximum absolute atomic E-state index is 12.5. The molecule has 1 unspecified atom stereocenters. The van der Waals surface area contributed by atoms with E-state index in [0.29, 0.717) is 4.90 Å². The van der Waals surface area contributed by atoms with Gasteiger partial charge in [-0.15, -0.1) is 0 Å². The number of nitrogens with one attached hydrogen (secondary N) is 2. The van der Waals surface area contributed by atoms with Gasteiger partial charge in [-0.05, 0) is 42.5 Å². The van der Waals surface area contributed by atoms with Gasteiger partial charge in [0.1, 0.15) is 0 Å². The first-order valence-electron chi connectivity index (χ1n) is 7.15. The fourth-order valence-corrected chi connectivity index (χ4v) is 4.21. The van der Waals surface area contributed by atoms with E-state index in [4.69, 9.17) is 0 Å². The molecule has 1 aliphatic rings. The van der Waals surface area contributed by atoms with Crippen LogP contribution in [0.4, 0.5) is 5.69 Å². The zero-order chi connectivity index (χ0) is 14.8. The standard InChI is InChI=1S/C15H24N2O2S/c1-15(2)11-5-4-6-14(15)17-20(18,19)13-9-7-12(16-3)8-10-13/h7-10,14,16-17H,4-6,11H2,1-3H3. The molecule has 2 rings (SSSR count). The van der Waals surface area contributed by atoms with Crippen molar-refractivity contribution >= 4 is 15.7 Å². The molecular formula is C15H24N2O2S. The van der Waals surface area contributed by atoms with E-state index in [1.807, 2.05) is 7.05 Å². The molecule has 0 spiro atoms. The molecule has 1 aliphatic carbocycles. The molecule has 1 fully saturated rings. The summed E-state index contributed by atoms with van der Waals surface area (Å²) in [6, 6.07) is 6.86. The fourth-order valence-electron chi connectivity index (χ4n) is 2.77. The van der Waals surface area contributed by atoms with Crippen LogP contribution >= 0.6 is 0 Å². The van der Waals surface area contributed by atoms with Gasteiger partial charge in [0.15, 0.2) is 0 Å².